The maximum Gasteiger partial charge on any atom is 0.438 e. The number of hydrogen-bond donors (Lipinski definition) is 2. The third kappa shape index (κ3) is 1.60. The maximum absolute atomic E-state index is 12.6. The van der Waals surface area contributed by atoms with Crippen molar-refractivity contribution in [3.63, 3.8) is 0 Å². The quantitative estimate of drug-likeness (QED) is 0.653. The van der Waals surface area contributed by atoms with E-state index >= 15 is 0 Å². The lowest BCUT2D eigenvalue weighted by Crippen LogP contribution is -2.64. The van der Waals surface area contributed by atoms with Gasteiger partial charge in [0.05, 0.1) is 5.84 Å². The first-order valence-corrected chi connectivity index (χ1v) is 4.90. The standard InChI is InChI=1S/C9H13F3N2O/c1-6-13-7(3-2-4-7)5-8(15,14-6)9(10,11)12/h15H,2-5H2,1H3,(H,13,14)/t8-/m0/s1. The number of halogens is 3. The molecule has 3 nitrogen and oxygen atoms in total. The Kier molecular flexibility index (Phi) is 2.05. The molecule has 1 aliphatic carbocycles. The number of nitrogens with zero attached hydrogens (tertiary/aromatic N) is 1. The van der Waals surface area contributed by atoms with Gasteiger partial charge in [-0.15, -0.1) is 0 Å². The summed E-state index contributed by atoms with van der Waals surface area (Å²) in [4.78, 5) is 3.30. The van der Waals surface area contributed by atoms with Crippen LogP contribution in [0.1, 0.15) is 32.6 Å². The molecule has 2 aliphatic rings. The average molecular weight is 222 g/mol. The van der Waals surface area contributed by atoms with Gasteiger partial charge in [-0.05, 0) is 26.2 Å². The second-order valence-electron chi connectivity index (χ2n) is 4.45. The lowest BCUT2D eigenvalue weighted by molar-refractivity contribution is -0.268. The molecule has 0 aromatic heterocycles. The summed E-state index contributed by atoms with van der Waals surface area (Å²) >= 11 is 0. The Hall–Kier alpha value is -0.780. The number of rotatable bonds is 0. The van der Waals surface area contributed by atoms with Crippen LogP contribution in [0.15, 0.2) is 4.99 Å². The van der Waals surface area contributed by atoms with Gasteiger partial charge >= 0.3 is 6.18 Å². The fourth-order valence-electron chi connectivity index (χ4n) is 2.31. The fourth-order valence-corrected chi connectivity index (χ4v) is 2.31. The van der Waals surface area contributed by atoms with Gasteiger partial charge in [-0.2, -0.15) is 13.2 Å². The van der Waals surface area contributed by atoms with E-state index in [1.165, 1.54) is 6.92 Å². The molecule has 86 valence electrons. The fraction of sp³-hybridized carbons (Fsp3) is 0.889. The summed E-state index contributed by atoms with van der Waals surface area (Å²) in [6.07, 6.45) is -2.84. The number of aliphatic imine (C=N–C) groups is 1. The first-order chi connectivity index (χ1) is 6.77. The minimum atomic E-state index is -4.70. The molecule has 0 unspecified atom stereocenters. The van der Waals surface area contributed by atoms with Gasteiger partial charge < -0.3 is 10.4 Å². The summed E-state index contributed by atoms with van der Waals surface area (Å²) in [5.41, 5.74) is -3.49. The van der Waals surface area contributed by atoms with Gasteiger partial charge in [0.25, 0.3) is 5.72 Å². The van der Waals surface area contributed by atoms with E-state index in [9.17, 15) is 18.3 Å². The molecule has 0 amide bonds. The Bertz CT molecular complexity index is 309. The van der Waals surface area contributed by atoms with Crippen LogP contribution in [0.4, 0.5) is 13.2 Å². The Labute approximate surface area is 85.4 Å². The van der Waals surface area contributed by atoms with E-state index in [-0.39, 0.29) is 12.3 Å². The van der Waals surface area contributed by atoms with Crippen LogP contribution >= 0.6 is 0 Å². The molecule has 1 spiro atoms. The van der Waals surface area contributed by atoms with Crippen molar-refractivity contribution in [2.45, 2.75) is 50.0 Å². The number of amidine groups is 1. The van der Waals surface area contributed by atoms with Crippen molar-refractivity contribution in [1.82, 2.24) is 5.32 Å². The van der Waals surface area contributed by atoms with Gasteiger partial charge in [0.1, 0.15) is 0 Å². The zero-order valence-corrected chi connectivity index (χ0v) is 8.36. The van der Waals surface area contributed by atoms with Crippen molar-refractivity contribution in [3.05, 3.63) is 0 Å². The third-order valence-electron chi connectivity index (χ3n) is 3.15. The van der Waals surface area contributed by atoms with Crippen LogP contribution < -0.4 is 5.32 Å². The predicted molar refractivity (Wildman–Crippen MR) is 48.4 cm³/mol. The van der Waals surface area contributed by atoms with Crippen LogP contribution in [0.2, 0.25) is 0 Å². The smallest absolute Gasteiger partial charge is 0.368 e. The van der Waals surface area contributed by atoms with E-state index in [2.05, 4.69) is 10.3 Å². The Balaban J connectivity index is 2.30. The van der Waals surface area contributed by atoms with E-state index in [4.69, 9.17) is 0 Å². The van der Waals surface area contributed by atoms with Crippen molar-refractivity contribution in [2.75, 3.05) is 0 Å². The monoisotopic (exact) mass is 222 g/mol. The van der Waals surface area contributed by atoms with Crippen LogP contribution in [0.5, 0.6) is 0 Å². The SMILES string of the molecule is CC1=N[C@@](O)(C(F)(F)F)CC2(CCC2)N1. The van der Waals surface area contributed by atoms with Crippen molar-refractivity contribution >= 4 is 5.84 Å². The first kappa shape index (κ1) is 10.7. The molecule has 0 aromatic rings. The highest BCUT2D eigenvalue weighted by molar-refractivity contribution is 5.81. The van der Waals surface area contributed by atoms with Crippen molar-refractivity contribution in [1.29, 1.82) is 0 Å². The molecule has 1 aliphatic heterocycles. The molecule has 2 rings (SSSR count). The van der Waals surface area contributed by atoms with Gasteiger partial charge in [0, 0.05) is 12.0 Å². The van der Waals surface area contributed by atoms with Crippen molar-refractivity contribution < 1.29 is 18.3 Å². The predicted octanol–water partition coefficient (Wildman–Crippen LogP) is 1.57. The zero-order valence-electron chi connectivity index (χ0n) is 8.36. The van der Waals surface area contributed by atoms with Crippen LogP contribution in [0.3, 0.4) is 0 Å². The molecule has 0 saturated heterocycles. The number of nitrogens with one attached hydrogen (secondary N) is 1. The molecular formula is C9H13F3N2O. The molecule has 6 heteroatoms. The molecule has 0 aromatic carbocycles. The topological polar surface area (TPSA) is 44.6 Å². The van der Waals surface area contributed by atoms with Crippen LogP contribution in [0.25, 0.3) is 0 Å². The highest BCUT2D eigenvalue weighted by Crippen LogP contribution is 2.46. The Morgan fingerprint density at radius 1 is 1.40 bits per heavy atom. The Morgan fingerprint density at radius 3 is 2.40 bits per heavy atom. The summed E-state index contributed by atoms with van der Waals surface area (Å²) in [6, 6.07) is 0. The lowest BCUT2D eigenvalue weighted by atomic mass is 9.70. The maximum atomic E-state index is 12.6. The molecule has 15 heavy (non-hydrogen) atoms. The lowest BCUT2D eigenvalue weighted by Gasteiger charge is -2.49. The second-order valence-corrected chi connectivity index (χ2v) is 4.45. The minimum absolute atomic E-state index is 0.167. The summed E-state index contributed by atoms with van der Waals surface area (Å²) in [5, 5.41) is 12.5. The molecule has 0 radical (unpaired) electrons. The van der Waals surface area contributed by atoms with E-state index in [0.29, 0.717) is 12.8 Å². The number of hydrogen-bond acceptors (Lipinski definition) is 3. The summed E-state index contributed by atoms with van der Waals surface area (Å²) in [6.45, 7) is 1.45. The Morgan fingerprint density at radius 2 is 2.00 bits per heavy atom. The molecule has 1 saturated carbocycles. The van der Waals surface area contributed by atoms with Crippen molar-refractivity contribution in [3.8, 4) is 0 Å². The third-order valence-corrected chi connectivity index (χ3v) is 3.15. The van der Waals surface area contributed by atoms with Gasteiger partial charge in [-0.3, -0.25) is 0 Å². The first-order valence-electron chi connectivity index (χ1n) is 4.90. The highest BCUT2D eigenvalue weighted by atomic mass is 19.4. The van der Waals surface area contributed by atoms with Crippen LogP contribution in [-0.2, 0) is 0 Å². The van der Waals surface area contributed by atoms with Gasteiger partial charge in [-0.25, -0.2) is 4.99 Å². The summed E-state index contributed by atoms with van der Waals surface area (Å²) < 4.78 is 37.9. The average Bonchev–Trinajstić information content (AvgIpc) is 1.97. The normalized spacial score (nSPS) is 34.3. The number of alkyl halides is 3. The second kappa shape index (κ2) is 2.87. The van der Waals surface area contributed by atoms with E-state index < -0.39 is 17.4 Å². The molecule has 0 bridgehead atoms. The molecule has 1 heterocycles. The molecular weight excluding hydrogens is 209 g/mol. The highest BCUT2D eigenvalue weighted by Gasteiger charge is 2.60. The summed E-state index contributed by atoms with van der Waals surface area (Å²) in [7, 11) is 0. The number of aliphatic hydroxyl groups is 1. The van der Waals surface area contributed by atoms with Crippen LogP contribution in [0, 0.1) is 0 Å². The van der Waals surface area contributed by atoms with E-state index in [0.717, 1.165) is 6.42 Å². The van der Waals surface area contributed by atoms with Gasteiger partial charge in [0.2, 0.25) is 0 Å². The zero-order chi connectivity index (χ0) is 11.3. The largest absolute Gasteiger partial charge is 0.438 e. The molecule has 1 atom stereocenters. The van der Waals surface area contributed by atoms with Gasteiger partial charge in [-0.1, -0.05) is 0 Å². The van der Waals surface area contributed by atoms with E-state index in [1.54, 1.807) is 0 Å². The molecule has 2 N–H and O–H groups in total. The van der Waals surface area contributed by atoms with Gasteiger partial charge in [0.15, 0.2) is 0 Å². The van der Waals surface area contributed by atoms with Crippen molar-refractivity contribution in [2.24, 2.45) is 4.99 Å². The molecule has 1 fully saturated rings. The summed E-state index contributed by atoms with van der Waals surface area (Å²) in [5.74, 6) is 0.167. The van der Waals surface area contributed by atoms with Crippen LogP contribution in [-0.4, -0.2) is 28.4 Å². The van der Waals surface area contributed by atoms with E-state index in [1.807, 2.05) is 0 Å². The minimum Gasteiger partial charge on any atom is -0.368 e.